The van der Waals surface area contributed by atoms with Gasteiger partial charge in [-0.15, -0.1) is 0 Å². The van der Waals surface area contributed by atoms with Crippen molar-refractivity contribution in [2.75, 3.05) is 38.2 Å². The van der Waals surface area contributed by atoms with E-state index in [4.69, 9.17) is 10.00 Å². The van der Waals surface area contributed by atoms with Gasteiger partial charge in [0.05, 0.1) is 24.3 Å². The zero-order valence-electron chi connectivity index (χ0n) is 11.1. The minimum atomic E-state index is 0.308. The quantitative estimate of drug-likeness (QED) is 0.748. The van der Waals surface area contributed by atoms with Crippen molar-refractivity contribution in [3.8, 4) is 6.07 Å². The number of likely N-dealkylation sites (N-methyl/N-ethyl adjacent to an activating group) is 1. The van der Waals surface area contributed by atoms with Crippen LogP contribution in [0.25, 0.3) is 0 Å². The Morgan fingerprint density at radius 3 is 3.05 bits per heavy atom. The lowest BCUT2D eigenvalue weighted by molar-refractivity contribution is -0.0245. The molecular formula is C14H18N4O. The van der Waals surface area contributed by atoms with E-state index in [1.165, 1.54) is 0 Å². The molecule has 0 N–H and O–H groups in total. The molecule has 0 saturated carbocycles. The van der Waals surface area contributed by atoms with Gasteiger partial charge in [0.15, 0.2) is 0 Å². The summed E-state index contributed by atoms with van der Waals surface area (Å²) in [6.45, 7) is 3.72. The molecule has 100 valence electrons. The number of nitrogens with zero attached hydrogens (tertiary/aromatic N) is 4. The van der Waals surface area contributed by atoms with E-state index in [0.717, 1.165) is 38.5 Å². The first kappa shape index (κ1) is 12.4. The highest BCUT2D eigenvalue weighted by atomic mass is 16.5. The van der Waals surface area contributed by atoms with Gasteiger partial charge in [0.25, 0.3) is 0 Å². The Morgan fingerprint density at radius 2 is 2.32 bits per heavy atom. The third kappa shape index (κ3) is 2.42. The van der Waals surface area contributed by atoms with Crippen molar-refractivity contribution in [1.29, 1.82) is 5.26 Å². The van der Waals surface area contributed by atoms with Crippen molar-refractivity contribution in [3.05, 3.63) is 23.9 Å². The molecule has 3 rings (SSSR count). The van der Waals surface area contributed by atoms with Gasteiger partial charge in [-0.25, -0.2) is 4.98 Å². The molecule has 0 aliphatic carbocycles. The molecule has 2 aliphatic rings. The SMILES string of the molecule is CN1CCC2OCCN(c3ccc(C#N)cn3)C2C1. The second-order valence-corrected chi connectivity index (χ2v) is 5.24. The molecule has 3 heterocycles. The van der Waals surface area contributed by atoms with Crippen LogP contribution in [-0.4, -0.2) is 55.3 Å². The van der Waals surface area contributed by atoms with E-state index in [9.17, 15) is 0 Å². The normalized spacial score (nSPS) is 27.7. The molecule has 2 aliphatic heterocycles. The van der Waals surface area contributed by atoms with E-state index in [1.54, 1.807) is 6.20 Å². The Morgan fingerprint density at radius 1 is 1.42 bits per heavy atom. The molecule has 1 aromatic heterocycles. The number of hydrogen-bond acceptors (Lipinski definition) is 5. The fraction of sp³-hybridized carbons (Fsp3) is 0.571. The summed E-state index contributed by atoms with van der Waals surface area (Å²) in [6, 6.07) is 6.25. The zero-order valence-corrected chi connectivity index (χ0v) is 11.1. The van der Waals surface area contributed by atoms with Crippen LogP contribution in [0.1, 0.15) is 12.0 Å². The Bertz CT molecular complexity index is 481. The van der Waals surface area contributed by atoms with Crippen LogP contribution in [0.2, 0.25) is 0 Å². The smallest absolute Gasteiger partial charge is 0.129 e. The van der Waals surface area contributed by atoms with Crippen LogP contribution >= 0.6 is 0 Å². The minimum Gasteiger partial charge on any atom is -0.374 e. The largest absolute Gasteiger partial charge is 0.374 e. The predicted molar refractivity (Wildman–Crippen MR) is 71.9 cm³/mol. The number of rotatable bonds is 1. The Balaban J connectivity index is 1.83. The first-order valence-corrected chi connectivity index (χ1v) is 6.71. The number of aromatic nitrogens is 1. The van der Waals surface area contributed by atoms with Gasteiger partial charge in [-0.3, -0.25) is 0 Å². The first-order chi connectivity index (χ1) is 9.28. The summed E-state index contributed by atoms with van der Waals surface area (Å²) in [6.07, 6.45) is 3.03. The first-order valence-electron chi connectivity index (χ1n) is 6.71. The lowest BCUT2D eigenvalue weighted by Gasteiger charge is -2.46. The molecule has 0 amide bonds. The fourth-order valence-corrected chi connectivity index (χ4v) is 2.94. The maximum Gasteiger partial charge on any atom is 0.129 e. The number of ether oxygens (including phenoxy) is 1. The van der Waals surface area contributed by atoms with Gasteiger partial charge in [-0.2, -0.15) is 5.26 Å². The van der Waals surface area contributed by atoms with Gasteiger partial charge >= 0.3 is 0 Å². The summed E-state index contributed by atoms with van der Waals surface area (Å²) < 4.78 is 5.88. The lowest BCUT2D eigenvalue weighted by atomic mass is 9.99. The van der Waals surface area contributed by atoms with Gasteiger partial charge in [0, 0.05) is 25.8 Å². The van der Waals surface area contributed by atoms with Gasteiger partial charge in [0.1, 0.15) is 11.9 Å². The summed E-state index contributed by atoms with van der Waals surface area (Å²) in [4.78, 5) is 9.08. The van der Waals surface area contributed by atoms with Crippen LogP contribution in [0, 0.1) is 11.3 Å². The number of nitriles is 1. The van der Waals surface area contributed by atoms with Crippen molar-refractivity contribution < 1.29 is 4.74 Å². The average Bonchev–Trinajstić information content (AvgIpc) is 2.47. The van der Waals surface area contributed by atoms with Crippen molar-refractivity contribution in [2.24, 2.45) is 0 Å². The molecule has 2 atom stereocenters. The fourth-order valence-electron chi connectivity index (χ4n) is 2.94. The summed E-state index contributed by atoms with van der Waals surface area (Å²) in [5.74, 6) is 0.951. The molecule has 5 heteroatoms. The molecular weight excluding hydrogens is 240 g/mol. The molecule has 2 saturated heterocycles. The van der Waals surface area contributed by atoms with Crippen molar-refractivity contribution >= 4 is 5.82 Å². The van der Waals surface area contributed by atoms with Gasteiger partial charge in [-0.05, 0) is 25.6 Å². The molecule has 0 spiro atoms. The second-order valence-electron chi connectivity index (χ2n) is 5.24. The number of fused-ring (bicyclic) bond motifs is 1. The molecule has 19 heavy (non-hydrogen) atoms. The van der Waals surface area contributed by atoms with E-state index in [2.05, 4.69) is 27.9 Å². The molecule has 2 unspecified atom stereocenters. The van der Waals surface area contributed by atoms with Crippen LogP contribution in [0.4, 0.5) is 5.82 Å². The number of piperidine rings is 1. The van der Waals surface area contributed by atoms with Crippen LogP contribution in [0.5, 0.6) is 0 Å². The molecule has 1 aromatic rings. The Labute approximate surface area is 113 Å². The van der Waals surface area contributed by atoms with Gasteiger partial charge in [-0.1, -0.05) is 0 Å². The zero-order chi connectivity index (χ0) is 13.2. The van der Waals surface area contributed by atoms with E-state index < -0.39 is 0 Å². The minimum absolute atomic E-state index is 0.308. The van der Waals surface area contributed by atoms with Crippen LogP contribution in [-0.2, 0) is 4.74 Å². The second kappa shape index (κ2) is 5.16. The van der Waals surface area contributed by atoms with Gasteiger partial charge in [0.2, 0.25) is 0 Å². The van der Waals surface area contributed by atoms with E-state index in [-0.39, 0.29) is 0 Å². The van der Waals surface area contributed by atoms with Crippen molar-refractivity contribution in [3.63, 3.8) is 0 Å². The summed E-state index contributed by atoms with van der Waals surface area (Å²) in [5.41, 5.74) is 0.606. The maximum atomic E-state index is 8.83. The molecule has 2 fully saturated rings. The molecule has 0 aromatic carbocycles. The standard InChI is InChI=1S/C14H18N4O/c1-17-5-4-13-12(10-17)18(6-7-19-13)14-3-2-11(8-15)9-16-14/h2-3,9,12-13H,4-7,10H2,1H3. The monoisotopic (exact) mass is 258 g/mol. The maximum absolute atomic E-state index is 8.83. The lowest BCUT2D eigenvalue weighted by Crippen LogP contribution is -2.59. The predicted octanol–water partition coefficient (Wildman–Crippen LogP) is 0.863. The van der Waals surface area contributed by atoms with Crippen molar-refractivity contribution in [1.82, 2.24) is 9.88 Å². The third-order valence-corrected chi connectivity index (χ3v) is 3.96. The highest BCUT2D eigenvalue weighted by Gasteiger charge is 2.36. The number of morpholine rings is 1. The van der Waals surface area contributed by atoms with E-state index in [0.29, 0.717) is 17.7 Å². The Kier molecular flexibility index (Phi) is 3.36. The van der Waals surface area contributed by atoms with E-state index in [1.807, 2.05) is 12.1 Å². The third-order valence-electron chi connectivity index (χ3n) is 3.96. The number of anilines is 1. The number of hydrogen-bond donors (Lipinski definition) is 0. The summed E-state index contributed by atoms with van der Waals surface area (Å²) in [7, 11) is 2.15. The molecule has 0 radical (unpaired) electrons. The molecule has 0 bridgehead atoms. The highest BCUT2D eigenvalue weighted by Crippen LogP contribution is 2.26. The van der Waals surface area contributed by atoms with Crippen LogP contribution in [0.3, 0.4) is 0 Å². The van der Waals surface area contributed by atoms with Crippen LogP contribution in [0.15, 0.2) is 18.3 Å². The number of likely N-dealkylation sites (tertiary alicyclic amines) is 1. The summed E-state index contributed by atoms with van der Waals surface area (Å²) >= 11 is 0. The van der Waals surface area contributed by atoms with E-state index >= 15 is 0 Å². The summed E-state index contributed by atoms with van der Waals surface area (Å²) in [5, 5.41) is 8.83. The average molecular weight is 258 g/mol. The van der Waals surface area contributed by atoms with Crippen LogP contribution < -0.4 is 4.90 Å². The highest BCUT2D eigenvalue weighted by molar-refractivity contribution is 5.44. The Hall–Kier alpha value is -1.64. The topological polar surface area (TPSA) is 52.4 Å². The van der Waals surface area contributed by atoms with Crippen molar-refractivity contribution in [2.45, 2.75) is 18.6 Å². The molecule has 5 nitrogen and oxygen atoms in total. The number of pyridine rings is 1. The van der Waals surface area contributed by atoms with Gasteiger partial charge < -0.3 is 14.5 Å².